The highest BCUT2D eigenvalue weighted by molar-refractivity contribution is 5.87. The van der Waals surface area contributed by atoms with Crippen molar-refractivity contribution in [1.29, 1.82) is 0 Å². The van der Waals surface area contributed by atoms with Crippen LogP contribution in [0.25, 0.3) is 28.2 Å². The summed E-state index contributed by atoms with van der Waals surface area (Å²) < 4.78 is 17.1. The first-order valence-corrected chi connectivity index (χ1v) is 12.6. The zero-order chi connectivity index (χ0) is 26.4. The lowest BCUT2D eigenvalue weighted by Gasteiger charge is -2.43. The summed E-state index contributed by atoms with van der Waals surface area (Å²) >= 11 is 0. The van der Waals surface area contributed by atoms with Gasteiger partial charge in [-0.25, -0.2) is 13.9 Å². The molecule has 194 valence electrons. The lowest BCUT2D eigenvalue weighted by molar-refractivity contribution is 0.0798. The van der Waals surface area contributed by atoms with Crippen LogP contribution in [0.3, 0.4) is 0 Å². The zero-order valence-electron chi connectivity index (χ0n) is 20.9. The molecule has 10 heteroatoms. The minimum absolute atomic E-state index is 0.129. The van der Waals surface area contributed by atoms with Crippen LogP contribution in [0.2, 0.25) is 0 Å². The van der Waals surface area contributed by atoms with Gasteiger partial charge in [-0.05, 0) is 61.7 Å². The van der Waals surface area contributed by atoms with E-state index in [9.17, 15) is 19.1 Å². The number of nitrogens with one attached hydrogen (secondary N) is 1. The molecule has 38 heavy (non-hydrogen) atoms. The summed E-state index contributed by atoms with van der Waals surface area (Å²) in [5.74, 6) is 0.436. The van der Waals surface area contributed by atoms with Crippen LogP contribution < -0.4 is 10.9 Å². The molecule has 9 nitrogen and oxygen atoms in total. The largest absolute Gasteiger partial charge is 0.465 e. The molecule has 2 aliphatic heterocycles. The number of hydrogen-bond donors (Lipinski definition) is 2. The highest BCUT2D eigenvalue weighted by atomic mass is 19.1. The highest BCUT2D eigenvalue weighted by Gasteiger charge is 2.41. The van der Waals surface area contributed by atoms with Crippen LogP contribution in [-0.4, -0.2) is 55.3 Å². The van der Waals surface area contributed by atoms with Crippen LogP contribution in [0.1, 0.15) is 18.4 Å². The van der Waals surface area contributed by atoms with Gasteiger partial charge in [-0.15, -0.1) is 0 Å². The lowest BCUT2D eigenvalue weighted by atomic mass is 9.77. The number of anilines is 1. The molecule has 1 saturated heterocycles. The zero-order valence-corrected chi connectivity index (χ0v) is 20.9. The molecule has 4 aromatic rings. The van der Waals surface area contributed by atoms with Crippen LogP contribution >= 0.6 is 0 Å². The molecular formula is C28H27FN6O3. The molecule has 6 rings (SSSR count). The number of nitrogens with zero attached hydrogens (tertiary/aromatic N) is 5. The van der Waals surface area contributed by atoms with Gasteiger partial charge < -0.3 is 15.3 Å². The molecule has 2 aliphatic rings. The van der Waals surface area contributed by atoms with Crippen molar-refractivity contribution < 1.29 is 14.3 Å². The molecule has 1 spiro atoms. The number of amides is 1. The molecule has 2 aromatic carbocycles. The number of aromatic nitrogens is 4. The SMILES string of the molecule is Cc1ccccc1-n1nc(-c2c(-c3ccc(F)cc3)nn3c2NCC2(CCN(C(=O)O)CC2)C3)ccc1=O. The maximum atomic E-state index is 13.8. The first kappa shape index (κ1) is 23.9. The number of hydrogen-bond acceptors (Lipinski definition) is 5. The smallest absolute Gasteiger partial charge is 0.407 e. The second-order valence-electron chi connectivity index (χ2n) is 10.1. The minimum atomic E-state index is -0.890. The number of para-hydroxylation sites is 1. The average Bonchev–Trinajstić information content (AvgIpc) is 3.28. The maximum absolute atomic E-state index is 13.8. The molecule has 1 fully saturated rings. The Morgan fingerprint density at radius 3 is 2.47 bits per heavy atom. The summed E-state index contributed by atoms with van der Waals surface area (Å²) in [7, 11) is 0. The molecule has 0 aliphatic carbocycles. The number of aryl methyl sites for hydroxylation is 1. The van der Waals surface area contributed by atoms with Gasteiger partial charge in [-0.3, -0.25) is 4.79 Å². The van der Waals surface area contributed by atoms with Gasteiger partial charge in [0.1, 0.15) is 17.3 Å². The van der Waals surface area contributed by atoms with Gasteiger partial charge in [0, 0.05) is 36.7 Å². The van der Waals surface area contributed by atoms with Crippen LogP contribution in [0.4, 0.5) is 15.0 Å². The van der Waals surface area contributed by atoms with E-state index in [1.807, 2.05) is 35.9 Å². The predicted octanol–water partition coefficient (Wildman–Crippen LogP) is 4.40. The number of halogens is 1. The molecule has 0 radical (unpaired) electrons. The summed E-state index contributed by atoms with van der Waals surface area (Å²) in [4.78, 5) is 25.7. The van der Waals surface area contributed by atoms with Crippen LogP contribution in [0, 0.1) is 18.2 Å². The lowest BCUT2D eigenvalue weighted by Crippen LogP contribution is -2.49. The second kappa shape index (κ2) is 9.13. The van der Waals surface area contributed by atoms with E-state index in [2.05, 4.69) is 5.32 Å². The van der Waals surface area contributed by atoms with Crippen molar-refractivity contribution in [2.24, 2.45) is 5.41 Å². The van der Waals surface area contributed by atoms with E-state index < -0.39 is 6.09 Å². The maximum Gasteiger partial charge on any atom is 0.407 e. The Morgan fingerprint density at radius 1 is 1.03 bits per heavy atom. The first-order chi connectivity index (χ1) is 18.3. The Balaban J connectivity index is 1.46. The number of fused-ring (bicyclic) bond motifs is 1. The third kappa shape index (κ3) is 4.11. The molecule has 2 N–H and O–H groups in total. The van der Waals surface area contributed by atoms with Gasteiger partial charge in [0.25, 0.3) is 5.56 Å². The van der Waals surface area contributed by atoms with Crippen LogP contribution in [-0.2, 0) is 6.54 Å². The molecule has 1 amide bonds. The van der Waals surface area contributed by atoms with Gasteiger partial charge in [-0.1, -0.05) is 18.2 Å². The van der Waals surface area contributed by atoms with Crippen molar-refractivity contribution in [2.75, 3.05) is 25.0 Å². The van der Waals surface area contributed by atoms with Crippen molar-refractivity contribution in [3.05, 3.63) is 82.4 Å². The Labute approximate surface area is 218 Å². The number of piperidine rings is 1. The molecule has 0 bridgehead atoms. The van der Waals surface area contributed by atoms with E-state index in [0.717, 1.165) is 35.3 Å². The van der Waals surface area contributed by atoms with Crippen molar-refractivity contribution in [1.82, 2.24) is 24.5 Å². The standard InChI is InChI=1S/C28H27FN6O3/c1-18-4-2-3-5-22(18)35-23(36)11-10-21(31-35)24-25(19-6-8-20(29)9-7-19)32-34-17-28(16-30-26(24)34)12-14-33(15-13-28)27(37)38/h2-11,30H,12-17H2,1H3,(H,37,38). The van der Waals surface area contributed by atoms with E-state index in [1.54, 1.807) is 18.2 Å². The molecular weight excluding hydrogens is 487 g/mol. The average molecular weight is 515 g/mol. The number of rotatable bonds is 3. The molecule has 4 heterocycles. The summed E-state index contributed by atoms with van der Waals surface area (Å²) in [5.41, 5.74) is 3.91. The predicted molar refractivity (Wildman–Crippen MR) is 141 cm³/mol. The fraction of sp³-hybridized carbons (Fsp3) is 0.286. The number of carboxylic acid groups (broad SMARTS) is 1. The first-order valence-electron chi connectivity index (χ1n) is 12.6. The van der Waals surface area contributed by atoms with Crippen LogP contribution in [0.15, 0.2) is 65.5 Å². The van der Waals surface area contributed by atoms with Crippen molar-refractivity contribution in [2.45, 2.75) is 26.3 Å². The fourth-order valence-electron chi connectivity index (χ4n) is 5.48. The molecule has 0 saturated carbocycles. The fourth-order valence-corrected chi connectivity index (χ4v) is 5.48. The van der Waals surface area contributed by atoms with E-state index >= 15 is 0 Å². The van der Waals surface area contributed by atoms with Gasteiger partial charge in [0.2, 0.25) is 0 Å². The Kier molecular flexibility index (Phi) is 5.74. The summed E-state index contributed by atoms with van der Waals surface area (Å²) in [5, 5.41) is 22.6. The minimum Gasteiger partial charge on any atom is -0.465 e. The number of likely N-dealkylation sites (tertiary alicyclic amines) is 1. The van der Waals surface area contributed by atoms with Crippen molar-refractivity contribution >= 4 is 11.9 Å². The summed E-state index contributed by atoms with van der Waals surface area (Å²) in [6, 6.07) is 16.9. The normalized spacial score (nSPS) is 16.2. The monoisotopic (exact) mass is 514 g/mol. The Hall–Kier alpha value is -4.47. The van der Waals surface area contributed by atoms with Gasteiger partial charge in [0.15, 0.2) is 0 Å². The van der Waals surface area contributed by atoms with Gasteiger partial charge in [0.05, 0.1) is 23.5 Å². The van der Waals surface area contributed by atoms with Gasteiger partial charge in [-0.2, -0.15) is 14.9 Å². The van der Waals surface area contributed by atoms with E-state index in [4.69, 9.17) is 10.2 Å². The quantitative estimate of drug-likeness (QED) is 0.420. The summed E-state index contributed by atoms with van der Waals surface area (Å²) in [6.45, 7) is 4.18. The Morgan fingerprint density at radius 2 is 1.76 bits per heavy atom. The van der Waals surface area contributed by atoms with Crippen LogP contribution in [0.5, 0.6) is 0 Å². The molecule has 0 atom stereocenters. The van der Waals surface area contributed by atoms with E-state index in [0.29, 0.717) is 43.3 Å². The van der Waals surface area contributed by atoms with Gasteiger partial charge >= 0.3 is 6.09 Å². The third-order valence-electron chi connectivity index (χ3n) is 7.68. The summed E-state index contributed by atoms with van der Waals surface area (Å²) in [6.07, 6.45) is 0.561. The van der Waals surface area contributed by atoms with E-state index in [-0.39, 0.29) is 16.8 Å². The van der Waals surface area contributed by atoms with Crippen molar-refractivity contribution in [3.8, 4) is 28.2 Å². The molecule has 0 unspecified atom stereocenters. The topological polar surface area (TPSA) is 105 Å². The van der Waals surface area contributed by atoms with E-state index in [1.165, 1.54) is 27.8 Å². The highest BCUT2D eigenvalue weighted by Crippen LogP contribution is 2.43. The third-order valence-corrected chi connectivity index (χ3v) is 7.68. The van der Waals surface area contributed by atoms with Crippen molar-refractivity contribution in [3.63, 3.8) is 0 Å². The second-order valence-corrected chi connectivity index (χ2v) is 10.1. The number of carbonyl (C=O) groups is 1. The Bertz CT molecular complexity index is 1590. The molecule has 2 aromatic heterocycles. The number of benzene rings is 2.